The van der Waals surface area contributed by atoms with Crippen molar-refractivity contribution in [3.63, 3.8) is 0 Å². The third kappa shape index (κ3) is 4.18. The number of nitriles is 1. The van der Waals surface area contributed by atoms with Crippen LogP contribution < -0.4 is 10.2 Å². The summed E-state index contributed by atoms with van der Waals surface area (Å²) in [5.41, 5.74) is 2.00. The number of aromatic nitrogens is 2. The van der Waals surface area contributed by atoms with Crippen LogP contribution >= 0.6 is 0 Å². The fourth-order valence-corrected chi connectivity index (χ4v) is 2.12. The molecule has 5 heteroatoms. The number of rotatable bonds is 6. The second-order valence-electron chi connectivity index (χ2n) is 4.73. The molecule has 0 unspecified atom stereocenters. The molecule has 1 aromatic carbocycles. The summed E-state index contributed by atoms with van der Waals surface area (Å²) >= 11 is 0. The lowest BCUT2D eigenvalue weighted by atomic mass is 10.2. The highest BCUT2D eigenvalue weighted by atomic mass is 15.2. The molecule has 1 N–H and O–H groups in total. The van der Waals surface area contributed by atoms with E-state index < -0.39 is 0 Å². The minimum Gasteiger partial charge on any atom is -0.373 e. The number of para-hydroxylation sites is 1. The van der Waals surface area contributed by atoms with Crippen LogP contribution in [-0.2, 0) is 6.54 Å². The average Bonchev–Trinajstić information content (AvgIpc) is 2.51. The van der Waals surface area contributed by atoms with E-state index in [-0.39, 0.29) is 0 Å². The van der Waals surface area contributed by atoms with Crippen LogP contribution in [0.25, 0.3) is 0 Å². The zero-order valence-corrected chi connectivity index (χ0v) is 12.4. The number of aryl methyl sites for hydroxylation is 1. The number of hydrogen-bond donors (Lipinski definition) is 1. The molecule has 5 nitrogen and oxygen atoms in total. The minimum absolute atomic E-state index is 0.472. The number of benzene rings is 1. The molecule has 0 fully saturated rings. The highest BCUT2D eigenvalue weighted by molar-refractivity contribution is 5.46. The van der Waals surface area contributed by atoms with Gasteiger partial charge in [0.05, 0.1) is 19.0 Å². The maximum Gasteiger partial charge on any atom is 0.150 e. The van der Waals surface area contributed by atoms with Gasteiger partial charge in [0.15, 0.2) is 0 Å². The third-order valence-corrected chi connectivity index (χ3v) is 3.10. The van der Waals surface area contributed by atoms with Crippen molar-refractivity contribution in [2.75, 3.05) is 23.8 Å². The van der Waals surface area contributed by atoms with E-state index >= 15 is 0 Å². The van der Waals surface area contributed by atoms with Gasteiger partial charge < -0.3 is 10.2 Å². The van der Waals surface area contributed by atoms with E-state index in [1.807, 2.05) is 50.4 Å². The van der Waals surface area contributed by atoms with Crippen LogP contribution in [0.15, 0.2) is 36.4 Å². The van der Waals surface area contributed by atoms with Crippen molar-refractivity contribution < 1.29 is 0 Å². The second-order valence-corrected chi connectivity index (χ2v) is 4.73. The fourth-order valence-electron chi connectivity index (χ4n) is 2.12. The molecule has 0 bridgehead atoms. The summed E-state index contributed by atoms with van der Waals surface area (Å²) in [7, 11) is 1.84. The molecule has 0 aliphatic carbocycles. The smallest absolute Gasteiger partial charge is 0.150 e. The Morgan fingerprint density at radius 3 is 2.67 bits per heavy atom. The van der Waals surface area contributed by atoms with Crippen LogP contribution in [0, 0.1) is 18.3 Å². The molecule has 108 valence electrons. The van der Waals surface area contributed by atoms with Gasteiger partial charge >= 0.3 is 0 Å². The van der Waals surface area contributed by atoms with Gasteiger partial charge in [0.2, 0.25) is 0 Å². The molecular weight excluding hydrogens is 262 g/mol. The van der Waals surface area contributed by atoms with Crippen molar-refractivity contribution >= 4 is 11.5 Å². The molecule has 1 heterocycles. The molecule has 0 saturated heterocycles. The summed E-state index contributed by atoms with van der Waals surface area (Å²) in [6.07, 6.45) is 0.472. The number of nitrogens with zero attached hydrogens (tertiary/aromatic N) is 4. The van der Waals surface area contributed by atoms with Crippen LogP contribution in [-0.4, -0.2) is 23.6 Å². The molecule has 0 spiro atoms. The number of hydrogen-bond acceptors (Lipinski definition) is 5. The van der Waals surface area contributed by atoms with Gasteiger partial charge in [-0.15, -0.1) is 0 Å². The zero-order valence-electron chi connectivity index (χ0n) is 12.4. The SMILES string of the molecule is CNc1cc(C)nc(CN(CCC#N)c2ccccc2)n1. The summed E-state index contributed by atoms with van der Waals surface area (Å²) in [6.45, 7) is 3.20. The van der Waals surface area contributed by atoms with Crippen LogP contribution in [0.1, 0.15) is 17.9 Å². The quantitative estimate of drug-likeness (QED) is 0.882. The van der Waals surface area contributed by atoms with Crippen LogP contribution in [0.3, 0.4) is 0 Å². The molecule has 2 rings (SSSR count). The van der Waals surface area contributed by atoms with E-state index in [1.54, 1.807) is 0 Å². The predicted molar refractivity (Wildman–Crippen MR) is 84.0 cm³/mol. The van der Waals surface area contributed by atoms with Gasteiger partial charge in [-0.3, -0.25) is 0 Å². The Bertz CT molecular complexity index is 618. The molecule has 21 heavy (non-hydrogen) atoms. The standard InChI is InChI=1S/C16H19N5/c1-13-11-15(18-2)20-16(19-13)12-21(10-6-9-17)14-7-4-3-5-8-14/h3-5,7-8,11H,6,10,12H2,1-2H3,(H,18,19,20). The highest BCUT2D eigenvalue weighted by Gasteiger charge is 2.10. The van der Waals surface area contributed by atoms with Crippen molar-refractivity contribution in [1.29, 1.82) is 5.26 Å². The summed E-state index contributed by atoms with van der Waals surface area (Å²) in [4.78, 5) is 11.1. The van der Waals surface area contributed by atoms with Gasteiger partial charge in [0.1, 0.15) is 11.6 Å². The Morgan fingerprint density at radius 2 is 2.00 bits per heavy atom. The first-order chi connectivity index (χ1) is 10.2. The lowest BCUT2D eigenvalue weighted by Crippen LogP contribution is -2.25. The Balaban J connectivity index is 2.23. The van der Waals surface area contributed by atoms with Crippen LogP contribution in [0.5, 0.6) is 0 Å². The molecule has 0 atom stereocenters. The van der Waals surface area contributed by atoms with Gasteiger partial charge in [-0.25, -0.2) is 9.97 Å². The van der Waals surface area contributed by atoms with Crippen molar-refractivity contribution in [1.82, 2.24) is 9.97 Å². The molecule has 0 aliphatic rings. The van der Waals surface area contributed by atoms with Gasteiger partial charge in [-0.2, -0.15) is 5.26 Å². The van der Waals surface area contributed by atoms with Crippen molar-refractivity contribution in [3.8, 4) is 6.07 Å². The molecule has 0 aliphatic heterocycles. The molecule has 0 amide bonds. The van der Waals surface area contributed by atoms with E-state index in [4.69, 9.17) is 5.26 Å². The Kier molecular flexibility index (Phi) is 5.10. The van der Waals surface area contributed by atoms with Crippen molar-refractivity contribution in [3.05, 3.63) is 47.9 Å². The number of nitrogens with one attached hydrogen (secondary N) is 1. The van der Waals surface area contributed by atoms with Crippen LogP contribution in [0.2, 0.25) is 0 Å². The Hall–Kier alpha value is -2.61. The monoisotopic (exact) mass is 281 g/mol. The number of anilines is 2. The van der Waals surface area contributed by atoms with Gasteiger partial charge in [-0.1, -0.05) is 18.2 Å². The highest BCUT2D eigenvalue weighted by Crippen LogP contribution is 2.16. The zero-order chi connectivity index (χ0) is 15.1. The van der Waals surface area contributed by atoms with E-state index in [0.717, 1.165) is 23.0 Å². The fraction of sp³-hybridized carbons (Fsp3) is 0.312. The average molecular weight is 281 g/mol. The molecule has 0 radical (unpaired) electrons. The Morgan fingerprint density at radius 1 is 1.24 bits per heavy atom. The second kappa shape index (κ2) is 7.25. The normalized spacial score (nSPS) is 9.95. The topological polar surface area (TPSA) is 64.8 Å². The maximum absolute atomic E-state index is 8.84. The summed E-state index contributed by atoms with van der Waals surface area (Å²) in [5, 5.41) is 11.9. The van der Waals surface area contributed by atoms with Gasteiger partial charge in [-0.05, 0) is 19.1 Å². The van der Waals surface area contributed by atoms with E-state index in [2.05, 4.69) is 26.3 Å². The first-order valence-corrected chi connectivity index (χ1v) is 6.92. The van der Waals surface area contributed by atoms with Gasteiger partial charge in [0, 0.05) is 31.0 Å². The lowest BCUT2D eigenvalue weighted by Gasteiger charge is -2.23. The summed E-state index contributed by atoms with van der Waals surface area (Å²) < 4.78 is 0. The van der Waals surface area contributed by atoms with E-state index in [9.17, 15) is 0 Å². The lowest BCUT2D eigenvalue weighted by molar-refractivity contribution is 0.754. The molecule has 2 aromatic rings. The van der Waals surface area contributed by atoms with E-state index in [0.29, 0.717) is 19.5 Å². The molecule has 0 saturated carbocycles. The molecule has 1 aromatic heterocycles. The van der Waals surface area contributed by atoms with Crippen LogP contribution in [0.4, 0.5) is 11.5 Å². The van der Waals surface area contributed by atoms with Crippen molar-refractivity contribution in [2.24, 2.45) is 0 Å². The summed E-state index contributed by atoms with van der Waals surface area (Å²) in [6, 6.07) is 14.1. The largest absolute Gasteiger partial charge is 0.373 e. The maximum atomic E-state index is 8.84. The predicted octanol–water partition coefficient (Wildman–Crippen LogP) is 2.75. The Labute approximate surface area is 125 Å². The van der Waals surface area contributed by atoms with Crippen molar-refractivity contribution in [2.45, 2.75) is 19.9 Å². The minimum atomic E-state index is 0.472. The third-order valence-electron chi connectivity index (χ3n) is 3.10. The van der Waals surface area contributed by atoms with E-state index in [1.165, 1.54) is 0 Å². The summed E-state index contributed by atoms with van der Waals surface area (Å²) in [5.74, 6) is 1.56. The first-order valence-electron chi connectivity index (χ1n) is 6.92. The van der Waals surface area contributed by atoms with Gasteiger partial charge in [0.25, 0.3) is 0 Å². The first kappa shape index (κ1) is 14.8. The molecular formula is C16H19N5.